The highest BCUT2D eigenvalue weighted by Gasteiger charge is 2.47. The molecule has 2 rings (SSSR count). The van der Waals surface area contributed by atoms with E-state index in [1.807, 2.05) is 6.20 Å². The molecule has 4 heteroatoms. The van der Waals surface area contributed by atoms with Gasteiger partial charge in [0, 0.05) is 38.7 Å². The standard InChI is InChI=1S/C12H21N3O/c1-12(2)9-10(12)15-7-6-14-11(15)13-5-4-8-16-3/h6-7,10H,4-5,8-9H2,1-3H3,(H,13,14). The van der Waals surface area contributed by atoms with Gasteiger partial charge in [-0.2, -0.15) is 0 Å². The summed E-state index contributed by atoms with van der Waals surface area (Å²) in [6.07, 6.45) is 6.19. The molecule has 1 unspecified atom stereocenters. The second-order valence-electron chi connectivity index (χ2n) is 5.14. The fourth-order valence-corrected chi connectivity index (χ4v) is 2.03. The summed E-state index contributed by atoms with van der Waals surface area (Å²) in [4.78, 5) is 4.35. The van der Waals surface area contributed by atoms with Crippen LogP contribution in [-0.4, -0.2) is 29.8 Å². The van der Waals surface area contributed by atoms with Gasteiger partial charge in [0.25, 0.3) is 0 Å². The van der Waals surface area contributed by atoms with E-state index >= 15 is 0 Å². The Kier molecular flexibility index (Phi) is 3.19. The fraction of sp³-hybridized carbons (Fsp3) is 0.750. The molecule has 1 aliphatic carbocycles. The van der Waals surface area contributed by atoms with Gasteiger partial charge in [0.15, 0.2) is 0 Å². The first kappa shape index (κ1) is 11.5. The van der Waals surface area contributed by atoms with Crippen LogP contribution >= 0.6 is 0 Å². The summed E-state index contributed by atoms with van der Waals surface area (Å²) in [7, 11) is 1.73. The average Bonchev–Trinajstić information content (AvgIpc) is 2.69. The van der Waals surface area contributed by atoms with Gasteiger partial charge in [0.1, 0.15) is 0 Å². The Morgan fingerprint density at radius 3 is 3.00 bits per heavy atom. The summed E-state index contributed by atoms with van der Waals surface area (Å²) in [6.45, 7) is 6.30. The molecule has 1 N–H and O–H groups in total. The van der Waals surface area contributed by atoms with E-state index in [9.17, 15) is 0 Å². The lowest BCUT2D eigenvalue weighted by molar-refractivity contribution is 0.197. The van der Waals surface area contributed by atoms with Crippen molar-refractivity contribution in [2.24, 2.45) is 5.41 Å². The highest BCUT2D eigenvalue weighted by Crippen LogP contribution is 2.56. The van der Waals surface area contributed by atoms with Crippen molar-refractivity contribution in [2.75, 3.05) is 25.6 Å². The van der Waals surface area contributed by atoms with Crippen molar-refractivity contribution in [3.63, 3.8) is 0 Å². The van der Waals surface area contributed by atoms with Crippen LogP contribution in [0.1, 0.15) is 32.7 Å². The Hall–Kier alpha value is -1.03. The molecule has 0 amide bonds. The van der Waals surface area contributed by atoms with Gasteiger partial charge in [-0.1, -0.05) is 13.8 Å². The van der Waals surface area contributed by atoms with Crippen molar-refractivity contribution in [3.8, 4) is 0 Å². The number of rotatable bonds is 6. The molecule has 16 heavy (non-hydrogen) atoms. The van der Waals surface area contributed by atoms with E-state index in [-0.39, 0.29) is 0 Å². The summed E-state index contributed by atoms with van der Waals surface area (Å²) < 4.78 is 7.27. The molecule has 1 atom stereocenters. The van der Waals surface area contributed by atoms with E-state index in [1.165, 1.54) is 6.42 Å². The lowest BCUT2D eigenvalue weighted by atomic mass is 10.2. The van der Waals surface area contributed by atoms with E-state index in [2.05, 4.69) is 34.9 Å². The maximum atomic E-state index is 5.02. The quantitative estimate of drug-likeness (QED) is 0.752. The summed E-state index contributed by atoms with van der Waals surface area (Å²) in [6, 6.07) is 0.611. The number of methoxy groups -OCH3 is 1. The highest BCUT2D eigenvalue weighted by molar-refractivity contribution is 5.29. The van der Waals surface area contributed by atoms with Crippen LogP contribution in [0.4, 0.5) is 5.95 Å². The molecular weight excluding hydrogens is 202 g/mol. The molecule has 0 aromatic carbocycles. The summed E-state index contributed by atoms with van der Waals surface area (Å²) in [5.74, 6) is 0.992. The Balaban J connectivity index is 1.88. The summed E-state index contributed by atoms with van der Waals surface area (Å²) >= 11 is 0. The molecular formula is C12H21N3O. The number of nitrogens with zero attached hydrogens (tertiary/aromatic N) is 2. The zero-order valence-electron chi connectivity index (χ0n) is 10.4. The first-order valence-corrected chi connectivity index (χ1v) is 5.91. The number of imidazole rings is 1. The monoisotopic (exact) mass is 223 g/mol. The van der Waals surface area contributed by atoms with Crippen molar-refractivity contribution < 1.29 is 4.74 Å². The predicted octanol–water partition coefficient (Wildman–Crippen LogP) is 2.30. The van der Waals surface area contributed by atoms with Crippen LogP contribution in [0.5, 0.6) is 0 Å². The van der Waals surface area contributed by atoms with E-state index in [0.29, 0.717) is 11.5 Å². The van der Waals surface area contributed by atoms with E-state index in [1.54, 1.807) is 7.11 Å². The third-order valence-electron chi connectivity index (χ3n) is 3.27. The minimum atomic E-state index is 0.434. The van der Waals surface area contributed by atoms with Crippen molar-refractivity contribution in [3.05, 3.63) is 12.4 Å². The Morgan fingerprint density at radius 2 is 2.38 bits per heavy atom. The molecule has 0 bridgehead atoms. The molecule has 1 aliphatic rings. The van der Waals surface area contributed by atoms with Gasteiger partial charge in [-0.05, 0) is 18.3 Å². The largest absolute Gasteiger partial charge is 0.385 e. The first-order valence-electron chi connectivity index (χ1n) is 5.91. The van der Waals surface area contributed by atoms with Crippen molar-refractivity contribution in [1.29, 1.82) is 0 Å². The van der Waals surface area contributed by atoms with Crippen molar-refractivity contribution in [2.45, 2.75) is 32.7 Å². The topological polar surface area (TPSA) is 39.1 Å². The fourth-order valence-electron chi connectivity index (χ4n) is 2.03. The van der Waals surface area contributed by atoms with Crippen LogP contribution in [0.15, 0.2) is 12.4 Å². The lowest BCUT2D eigenvalue weighted by Gasteiger charge is -2.11. The van der Waals surface area contributed by atoms with E-state index in [4.69, 9.17) is 4.74 Å². The predicted molar refractivity (Wildman–Crippen MR) is 64.6 cm³/mol. The molecule has 0 spiro atoms. The van der Waals surface area contributed by atoms with Crippen LogP contribution in [0, 0.1) is 5.41 Å². The van der Waals surface area contributed by atoms with E-state index in [0.717, 1.165) is 25.5 Å². The van der Waals surface area contributed by atoms with Gasteiger partial charge < -0.3 is 14.6 Å². The third kappa shape index (κ3) is 2.38. The van der Waals surface area contributed by atoms with Crippen LogP contribution < -0.4 is 5.32 Å². The molecule has 0 saturated heterocycles. The number of hydrogen-bond acceptors (Lipinski definition) is 3. The van der Waals surface area contributed by atoms with Gasteiger partial charge in [-0.3, -0.25) is 0 Å². The molecule has 1 heterocycles. The zero-order valence-corrected chi connectivity index (χ0v) is 10.4. The molecule has 1 aromatic rings. The number of hydrogen-bond donors (Lipinski definition) is 1. The smallest absolute Gasteiger partial charge is 0.203 e. The SMILES string of the molecule is COCCCNc1nccn1C1CC1(C)C. The van der Waals surface area contributed by atoms with Crippen LogP contribution in [-0.2, 0) is 4.74 Å². The molecule has 1 fully saturated rings. The van der Waals surface area contributed by atoms with Gasteiger partial charge in [-0.25, -0.2) is 4.98 Å². The number of anilines is 1. The Labute approximate surface area is 97.0 Å². The maximum Gasteiger partial charge on any atom is 0.203 e. The van der Waals surface area contributed by atoms with E-state index < -0.39 is 0 Å². The zero-order chi connectivity index (χ0) is 11.6. The first-order chi connectivity index (χ1) is 7.65. The maximum absolute atomic E-state index is 5.02. The molecule has 90 valence electrons. The van der Waals surface area contributed by atoms with Gasteiger partial charge in [-0.15, -0.1) is 0 Å². The van der Waals surface area contributed by atoms with Crippen molar-refractivity contribution in [1.82, 2.24) is 9.55 Å². The summed E-state index contributed by atoms with van der Waals surface area (Å²) in [5, 5.41) is 3.36. The lowest BCUT2D eigenvalue weighted by Crippen LogP contribution is -2.10. The molecule has 1 saturated carbocycles. The number of aromatic nitrogens is 2. The molecule has 0 aliphatic heterocycles. The average molecular weight is 223 g/mol. The third-order valence-corrected chi connectivity index (χ3v) is 3.27. The molecule has 1 aromatic heterocycles. The van der Waals surface area contributed by atoms with Gasteiger partial charge in [0.2, 0.25) is 5.95 Å². The van der Waals surface area contributed by atoms with Crippen LogP contribution in [0.3, 0.4) is 0 Å². The number of ether oxygens (including phenoxy) is 1. The Morgan fingerprint density at radius 1 is 1.62 bits per heavy atom. The van der Waals surface area contributed by atoms with Crippen molar-refractivity contribution >= 4 is 5.95 Å². The normalized spacial score (nSPS) is 22.1. The summed E-state index contributed by atoms with van der Waals surface area (Å²) in [5.41, 5.74) is 0.434. The van der Waals surface area contributed by atoms with Gasteiger partial charge in [0.05, 0.1) is 0 Å². The Bertz CT molecular complexity index is 346. The molecule has 4 nitrogen and oxygen atoms in total. The number of nitrogens with one attached hydrogen (secondary N) is 1. The minimum Gasteiger partial charge on any atom is -0.385 e. The minimum absolute atomic E-state index is 0.434. The second-order valence-corrected chi connectivity index (χ2v) is 5.14. The van der Waals surface area contributed by atoms with Gasteiger partial charge >= 0.3 is 0 Å². The highest BCUT2D eigenvalue weighted by atomic mass is 16.5. The van der Waals surface area contributed by atoms with Crippen LogP contribution in [0.2, 0.25) is 0 Å². The second kappa shape index (κ2) is 4.45. The molecule has 0 radical (unpaired) electrons. The van der Waals surface area contributed by atoms with Crippen LogP contribution in [0.25, 0.3) is 0 Å².